The summed E-state index contributed by atoms with van der Waals surface area (Å²) in [5.74, 6) is 0.803. The normalized spacial score (nSPS) is 26.4. The molecule has 2 N–H and O–H groups in total. The predicted octanol–water partition coefficient (Wildman–Crippen LogP) is 4.12. The largest absolute Gasteiger partial charge is 0.482 e. The van der Waals surface area contributed by atoms with Crippen molar-refractivity contribution in [3.8, 4) is 5.75 Å². The number of para-hydroxylation sites is 1. The van der Waals surface area contributed by atoms with Gasteiger partial charge in [0.1, 0.15) is 11.9 Å². The van der Waals surface area contributed by atoms with Gasteiger partial charge in [0.05, 0.1) is 11.1 Å². The van der Waals surface area contributed by atoms with Gasteiger partial charge in [-0.25, -0.2) is 0 Å². The first-order valence-electron chi connectivity index (χ1n) is 9.12. The minimum atomic E-state index is 0.0000926. The number of halogens is 1. The maximum Gasteiger partial charge on any atom is 0.141 e. The Bertz CT molecular complexity index is 743. The zero-order valence-corrected chi connectivity index (χ0v) is 15.4. The minimum Gasteiger partial charge on any atom is -0.482 e. The molecule has 1 heterocycles. The molecule has 25 heavy (non-hydrogen) atoms. The molecule has 4 heteroatoms. The third kappa shape index (κ3) is 3.29. The van der Waals surface area contributed by atoms with Gasteiger partial charge in [0.15, 0.2) is 0 Å². The molecule has 132 valence electrons. The molecule has 0 aromatic heterocycles. The Balaban J connectivity index is 1.67. The van der Waals surface area contributed by atoms with Crippen molar-refractivity contribution in [2.45, 2.75) is 44.4 Å². The summed E-state index contributed by atoms with van der Waals surface area (Å²) in [6.45, 7) is 4.08. The van der Waals surface area contributed by atoms with Crippen molar-refractivity contribution < 1.29 is 4.74 Å². The molecule has 3 nitrogen and oxygen atoms in total. The summed E-state index contributed by atoms with van der Waals surface area (Å²) in [6.07, 6.45) is 3.29. The summed E-state index contributed by atoms with van der Waals surface area (Å²) in [7, 11) is 0. The lowest BCUT2D eigenvalue weighted by Crippen LogP contribution is -2.49. The topological polar surface area (TPSA) is 38.5 Å². The molecule has 3 atom stereocenters. The Morgan fingerprint density at radius 1 is 1.16 bits per heavy atom. The summed E-state index contributed by atoms with van der Waals surface area (Å²) in [5.41, 5.74) is 9.98. The Morgan fingerprint density at radius 2 is 2.00 bits per heavy atom. The van der Waals surface area contributed by atoms with Crippen LogP contribution >= 0.6 is 11.6 Å². The first-order valence-corrected chi connectivity index (χ1v) is 9.50. The second-order valence-corrected chi connectivity index (χ2v) is 7.70. The van der Waals surface area contributed by atoms with Crippen LogP contribution in [-0.2, 0) is 6.42 Å². The lowest BCUT2D eigenvalue weighted by atomic mass is 10.0. The number of hydrogen-bond acceptors (Lipinski definition) is 3. The molecule has 1 aliphatic heterocycles. The summed E-state index contributed by atoms with van der Waals surface area (Å²) in [5, 5.41) is 0.679. The average molecular weight is 357 g/mol. The molecule has 4 rings (SSSR count). The van der Waals surface area contributed by atoms with Crippen LogP contribution in [0.2, 0.25) is 5.02 Å². The Hall–Kier alpha value is -1.55. The van der Waals surface area contributed by atoms with E-state index in [-0.39, 0.29) is 12.1 Å². The van der Waals surface area contributed by atoms with E-state index in [4.69, 9.17) is 22.1 Å². The van der Waals surface area contributed by atoms with E-state index in [9.17, 15) is 0 Å². The van der Waals surface area contributed by atoms with Crippen LogP contribution < -0.4 is 10.5 Å². The number of nitrogens with two attached hydrogens (primary N) is 1. The number of aryl methyl sites for hydroxylation is 1. The van der Waals surface area contributed by atoms with Crippen molar-refractivity contribution in [3.05, 3.63) is 64.2 Å². The van der Waals surface area contributed by atoms with Crippen molar-refractivity contribution in [3.63, 3.8) is 0 Å². The Morgan fingerprint density at radius 3 is 2.80 bits per heavy atom. The molecule has 0 spiro atoms. The van der Waals surface area contributed by atoms with Crippen molar-refractivity contribution in [2.75, 3.05) is 13.1 Å². The van der Waals surface area contributed by atoms with Crippen molar-refractivity contribution in [2.24, 2.45) is 5.73 Å². The highest BCUT2D eigenvalue weighted by atomic mass is 35.5. The molecule has 1 fully saturated rings. The van der Waals surface area contributed by atoms with E-state index >= 15 is 0 Å². The molecule has 2 aromatic carbocycles. The smallest absolute Gasteiger partial charge is 0.141 e. The highest BCUT2D eigenvalue weighted by molar-refractivity contribution is 6.32. The number of piperidine rings is 1. The van der Waals surface area contributed by atoms with Gasteiger partial charge in [-0.15, -0.1) is 0 Å². The van der Waals surface area contributed by atoms with Crippen LogP contribution in [0.25, 0.3) is 0 Å². The Kier molecular flexibility index (Phi) is 4.72. The summed E-state index contributed by atoms with van der Waals surface area (Å²) < 4.78 is 6.55. The lowest BCUT2D eigenvalue weighted by molar-refractivity contribution is 0.0590. The SMILES string of the molecule is Cc1cccc(Cl)c1O[C@@H]1c2ccccc2C[C@H]1N1CCC[C@H](N)C1. The molecule has 2 aromatic rings. The number of fused-ring (bicyclic) bond motifs is 1. The lowest BCUT2D eigenvalue weighted by Gasteiger charge is -2.38. The van der Waals surface area contributed by atoms with Gasteiger partial charge in [-0.2, -0.15) is 0 Å². The average Bonchev–Trinajstić information content (AvgIpc) is 2.97. The standard InChI is InChI=1S/C21H25ClN2O/c1-14-6-4-10-18(22)20(14)25-21-17-9-3-2-7-15(17)12-19(21)24-11-5-8-16(23)13-24/h2-4,6-7,9-10,16,19,21H,5,8,11-13,23H2,1H3/t16-,19+,21+/m0/s1. The van der Waals surface area contributed by atoms with Crippen molar-refractivity contribution >= 4 is 11.6 Å². The third-order valence-electron chi connectivity index (χ3n) is 5.51. The predicted molar refractivity (Wildman–Crippen MR) is 102 cm³/mol. The molecule has 1 saturated heterocycles. The van der Waals surface area contributed by atoms with E-state index in [1.165, 1.54) is 11.1 Å². The number of hydrogen-bond donors (Lipinski definition) is 1. The van der Waals surface area contributed by atoms with E-state index < -0.39 is 0 Å². The monoisotopic (exact) mass is 356 g/mol. The molecule has 1 aliphatic carbocycles. The van der Waals surface area contributed by atoms with E-state index in [0.29, 0.717) is 11.1 Å². The molecule has 0 saturated carbocycles. The fourth-order valence-corrected chi connectivity index (χ4v) is 4.50. The quantitative estimate of drug-likeness (QED) is 0.899. The first-order chi connectivity index (χ1) is 12.1. The van der Waals surface area contributed by atoms with E-state index in [0.717, 1.165) is 43.7 Å². The summed E-state index contributed by atoms with van der Waals surface area (Å²) >= 11 is 6.43. The third-order valence-corrected chi connectivity index (χ3v) is 5.80. The number of rotatable bonds is 3. The first kappa shape index (κ1) is 16.9. The van der Waals surface area contributed by atoms with Crippen LogP contribution in [0.4, 0.5) is 0 Å². The van der Waals surface area contributed by atoms with Gasteiger partial charge in [0.2, 0.25) is 0 Å². The van der Waals surface area contributed by atoms with Crippen LogP contribution in [0, 0.1) is 6.92 Å². The Labute approximate surface area is 154 Å². The fourth-order valence-electron chi connectivity index (χ4n) is 4.23. The van der Waals surface area contributed by atoms with Gasteiger partial charge < -0.3 is 10.5 Å². The van der Waals surface area contributed by atoms with Crippen LogP contribution in [0.5, 0.6) is 5.75 Å². The molecule has 0 amide bonds. The van der Waals surface area contributed by atoms with Gasteiger partial charge in [-0.1, -0.05) is 48.0 Å². The number of nitrogens with zero attached hydrogens (tertiary/aromatic N) is 1. The molecule has 2 aliphatic rings. The molecule has 0 bridgehead atoms. The van der Waals surface area contributed by atoms with Gasteiger partial charge in [0, 0.05) is 12.6 Å². The molecular formula is C21H25ClN2O. The van der Waals surface area contributed by atoms with Gasteiger partial charge in [-0.05, 0) is 55.5 Å². The highest BCUT2D eigenvalue weighted by Gasteiger charge is 2.39. The summed E-state index contributed by atoms with van der Waals surface area (Å²) in [6, 6.07) is 15.1. The number of ether oxygens (including phenoxy) is 1. The molecule has 0 radical (unpaired) electrons. The minimum absolute atomic E-state index is 0.0000926. The fraction of sp³-hybridized carbons (Fsp3) is 0.429. The van der Waals surface area contributed by atoms with Crippen LogP contribution in [0.3, 0.4) is 0 Å². The molecule has 0 unspecified atom stereocenters. The number of benzene rings is 2. The maximum atomic E-state index is 6.55. The zero-order valence-electron chi connectivity index (χ0n) is 14.6. The molecular weight excluding hydrogens is 332 g/mol. The van der Waals surface area contributed by atoms with Crippen LogP contribution in [-0.4, -0.2) is 30.1 Å². The second kappa shape index (κ2) is 6.99. The van der Waals surface area contributed by atoms with Crippen LogP contribution in [0.15, 0.2) is 42.5 Å². The maximum absolute atomic E-state index is 6.55. The highest BCUT2D eigenvalue weighted by Crippen LogP contribution is 2.41. The van der Waals surface area contributed by atoms with E-state index in [1.807, 2.05) is 25.1 Å². The summed E-state index contributed by atoms with van der Waals surface area (Å²) in [4.78, 5) is 2.52. The van der Waals surface area contributed by atoms with Gasteiger partial charge >= 0.3 is 0 Å². The number of likely N-dealkylation sites (tertiary alicyclic amines) is 1. The van der Waals surface area contributed by atoms with E-state index in [1.54, 1.807) is 0 Å². The second-order valence-electron chi connectivity index (χ2n) is 7.29. The van der Waals surface area contributed by atoms with Gasteiger partial charge in [0.25, 0.3) is 0 Å². The van der Waals surface area contributed by atoms with Gasteiger partial charge in [-0.3, -0.25) is 4.90 Å². The van der Waals surface area contributed by atoms with Crippen molar-refractivity contribution in [1.82, 2.24) is 4.90 Å². The zero-order chi connectivity index (χ0) is 17.4. The van der Waals surface area contributed by atoms with Crippen molar-refractivity contribution in [1.29, 1.82) is 0 Å². The van der Waals surface area contributed by atoms with E-state index in [2.05, 4.69) is 29.2 Å². The van der Waals surface area contributed by atoms with Crippen LogP contribution in [0.1, 0.15) is 35.6 Å².